The Morgan fingerprint density at radius 3 is 1.67 bits per heavy atom. The normalized spacial score (nSPS) is 10.8. The number of guanidine groups is 1. The van der Waals surface area contributed by atoms with E-state index in [4.69, 9.17) is 20.2 Å². The van der Waals surface area contributed by atoms with Crippen LogP contribution in [0.2, 0.25) is 0 Å². The van der Waals surface area contributed by atoms with Crippen molar-refractivity contribution < 1.29 is 9.47 Å². The highest BCUT2D eigenvalue weighted by atomic mass is 35.5. The van der Waals surface area contributed by atoms with Crippen LogP contribution >= 0.6 is 12.4 Å². The summed E-state index contributed by atoms with van der Waals surface area (Å²) in [5.74, 6) is 1.85. The number of anilines is 2. The van der Waals surface area contributed by atoms with E-state index in [0.717, 1.165) is 34.0 Å². The largest absolute Gasteiger partial charge is 0.489 e. The fourth-order valence-electron chi connectivity index (χ4n) is 3.99. The molecular weight excluding hydrogens is 506 g/mol. The summed E-state index contributed by atoms with van der Waals surface area (Å²) >= 11 is 0. The predicted molar refractivity (Wildman–Crippen MR) is 162 cm³/mol. The number of nitrogens with zero attached hydrogens (tertiary/aromatic N) is 2. The smallest absolute Gasteiger partial charge is 0.205 e. The van der Waals surface area contributed by atoms with Gasteiger partial charge in [0.25, 0.3) is 0 Å². The number of halogens is 1. The van der Waals surface area contributed by atoms with Crippen LogP contribution in [-0.2, 0) is 13.2 Å². The van der Waals surface area contributed by atoms with Crippen LogP contribution in [0, 0.1) is 0 Å². The number of aliphatic imine (C=N–C) groups is 1. The van der Waals surface area contributed by atoms with E-state index >= 15 is 0 Å². The van der Waals surface area contributed by atoms with E-state index in [9.17, 15) is 0 Å². The van der Waals surface area contributed by atoms with Gasteiger partial charge >= 0.3 is 0 Å². The van der Waals surface area contributed by atoms with Crippen LogP contribution in [0.1, 0.15) is 11.1 Å². The lowest BCUT2D eigenvalue weighted by atomic mass is 10.2. The molecule has 0 aliphatic heterocycles. The van der Waals surface area contributed by atoms with Crippen LogP contribution in [0.15, 0.2) is 145 Å². The van der Waals surface area contributed by atoms with E-state index in [2.05, 4.69) is 0 Å². The molecule has 5 rings (SSSR count). The second-order valence-corrected chi connectivity index (χ2v) is 8.68. The van der Waals surface area contributed by atoms with Gasteiger partial charge in [-0.3, -0.25) is 4.90 Å². The first-order valence-electron chi connectivity index (χ1n) is 12.5. The maximum Gasteiger partial charge on any atom is 0.205 e. The third-order valence-electron chi connectivity index (χ3n) is 5.90. The highest BCUT2D eigenvalue weighted by Gasteiger charge is 2.14. The van der Waals surface area contributed by atoms with E-state index in [0.29, 0.717) is 24.9 Å². The van der Waals surface area contributed by atoms with Crippen molar-refractivity contribution in [2.24, 2.45) is 10.7 Å². The topological polar surface area (TPSA) is 60.1 Å². The van der Waals surface area contributed by atoms with Gasteiger partial charge in [0.15, 0.2) is 0 Å². The minimum Gasteiger partial charge on any atom is -0.489 e. The molecule has 0 fully saturated rings. The fourth-order valence-corrected chi connectivity index (χ4v) is 3.99. The number of benzene rings is 5. The molecule has 5 aromatic rings. The van der Waals surface area contributed by atoms with Crippen molar-refractivity contribution in [2.75, 3.05) is 4.90 Å². The Morgan fingerprint density at radius 1 is 0.564 bits per heavy atom. The molecule has 0 atom stereocenters. The molecule has 39 heavy (non-hydrogen) atoms. The maximum absolute atomic E-state index is 6.61. The zero-order valence-corrected chi connectivity index (χ0v) is 22.2. The summed E-state index contributed by atoms with van der Waals surface area (Å²) in [5, 5.41) is 0. The molecule has 0 saturated heterocycles. The first-order chi connectivity index (χ1) is 18.7. The summed E-state index contributed by atoms with van der Waals surface area (Å²) < 4.78 is 11.9. The molecule has 0 unspecified atom stereocenters. The molecule has 5 nitrogen and oxygen atoms in total. The minimum atomic E-state index is 0. The molecule has 2 N–H and O–H groups in total. The summed E-state index contributed by atoms with van der Waals surface area (Å²) in [6.45, 7) is 0.993. The van der Waals surface area contributed by atoms with Crippen molar-refractivity contribution >= 4 is 35.4 Å². The van der Waals surface area contributed by atoms with Gasteiger partial charge in [-0.2, -0.15) is 0 Å². The summed E-state index contributed by atoms with van der Waals surface area (Å²) in [6.07, 6.45) is 0. The SMILES string of the molecule is Cl.NC(=Nc1cccc(OCc2ccccc2)c1)N(c1ccccc1)c1ccc(OCc2ccccc2)cc1. The van der Waals surface area contributed by atoms with Gasteiger partial charge in [0, 0.05) is 17.4 Å². The zero-order valence-electron chi connectivity index (χ0n) is 21.4. The zero-order chi connectivity index (χ0) is 26.0. The van der Waals surface area contributed by atoms with E-state index < -0.39 is 0 Å². The number of hydrogen-bond donors (Lipinski definition) is 1. The van der Waals surface area contributed by atoms with Crippen LogP contribution < -0.4 is 20.1 Å². The van der Waals surface area contributed by atoms with Crippen molar-refractivity contribution in [3.05, 3.63) is 151 Å². The lowest BCUT2D eigenvalue weighted by molar-refractivity contribution is 0.306. The summed E-state index contributed by atoms with van der Waals surface area (Å²) in [5.41, 5.74) is 11.3. The molecule has 0 radical (unpaired) electrons. The van der Waals surface area contributed by atoms with Gasteiger partial charge in [-0.25, -0.2) is 4.99 Å². The molecule has 196 valence electrons. The number of hydrogen-bond acceptors (Lipinski definition) is 3. The van der Waals surface area contributed by atoms with Gasteiger partial charge in [-0.1, -0.05) is 84.9 Å². The van der Waals surface area contributed by atoms with Gasteiger partial charge < -0.3 is 15.2 Å². The van der Waals surface area contributed by atoms with Crippen molar-refractivity contribution in [2.45, 2.75) is 13.2 Å². The van der Waals surface area contributed by atoms with Crippen LogP contribution in [-0.4, -0.2) is 5.96 Å². The Bertz CT molecular complexity index is 1460. The van der Waals surface area contributed by atoms with Crippen molar-refractivity contribution in [1.29, 1.82) is 0 Å². The van der Waals surface area contributed by atoms with Crippen LogP contribution in [0.5, 0.6) is 11.5 Å². The molecule has 0 aliphatic carbocycles. The molecule has 0 bridgehead atoms. The third-order valence-corrected chi connectivity index (χ3v) is 5.90. The summed E-state index contributed by atoms with van der Waals surface area (Å²) in [7, 11) is 0. The maximum atomic E-state index is 6.61. The predicted octanol–water partition coefficient (Wildman–Crippen LogP) is 8.05. The Hall–Kier alpha value is -4.74. The van der Waals surface area contributed by atoms with E-state index in [1.807, 2.05) is 144 Å². The number of rotatable bonds is 9. The second-order valence-electron chi connectivity index (χ2n) is 8.68. The highest BCUT2D eigenvalue weighted by Crippen LogP contribution is 2.29. The molecule has 0 aromatic heterocycles. The summed E-state index contributed by atoms with van der Waals surface area (Å²) in [6, 6.07) is 45.6. The molecule has 0 heterocycles. The number of nitrogens with two attached hydrogens (primary N) is 1. The Balaban J connectivity index is 0.00000353. The Morgan fingerprint density at radius 2 is 1.08 bits per heavy atom. The monoisotopic (exact) mass is 535 g/mol. The van der Waals surface area contributed by atoms with Gasteiger partial charge in [-0.15, -0.1) is 12.4 Å². The van der Waals surface area contributed by atoms with Gasteiger partial charge in [0.1, 0.15) is 24.7 Å². The van der Waals surface area contributed by atoms with Crippen molar-refractivity contribution in [3.8, 4) is 11.5 Å². The molecule has 5 aromatic carbocycles. The van der Waals surface area contributed by atoms with Gasteiger partial charge in [0.05, 0.1) is 5.69 Å². The van der Waals surface area contributed by atoms with Crippen molar-refractivity contribution in [1.82, 2.24) is 0 Å². The Labute approximate surface area is 235 Å². The van der Waals surface area contributed by atoms with Gasteiger partial charge in [-0.05, 0) is 59.7 Å². The molecule has 0 amide bonds. The molecule has 0 spiro atoms. The lowest BCUT2D eigenvalue weighted by Crippen LogP contribution is -2.33. The lowest BCUT2D eigenvalue weighted by Gasteiger charge is -2.24. The molecule has 0 aliphatic rings. The van der Waals surface area contributed by atoms with E-state index in [1.165, 1.54) is 0 Å². The number of para-hydroxylation sites is 1. The minimum absolute atomic E-state index is 0. The van der Waals surface area contributed by atoms with Crippen LogP contribution in [0.25, 0.3) is 0 Å². The fraction of sp³-hybridized carbons (Fsp3) is 0.0606. The highest BCUT2D eigenvalue weighted by molar-refractivity contribution is 6.02. The first kappa shape index (κ1) is 27.3. The van der Waals surface area contributed by atoms with Crippen molar-refractivity contribution in [3.63, 3.8) is 0 Å². The standard InChI is InChI=1S/C33H29N3O2.ClH/c34-33(35-28-15-10-18-32(23-28)38-25-27-13-6-2-7-14-27)36(29-16-8-3-9-17-29)30-19-21-31(22-20-30)37-24-26-11-4-1-5-12-26;/h1-23H,24-25H2,(H2,34,35);1H. The van der Waals surface area contributed by atoms with E-state index in [1.54, 1.807) is 0 Å². The summed E-state index contributed by atoms with van der Waals surface area (Å²) in [4.78, 5) is 6.65. The molecule has 6 heteroatoms. The molecular formula is C33H30ClN3O2. The van der Waals surface area contributed by atoms with E-state index in [-0.39, 0.29) is 12.4 Å². The quantitative estimate of drug-likeness (QED) is 0.153. The Kier molecular flexibility index (Phi) is 9.59. The third kappa shape index (κ3) is 7.63. The average molecular weight is 536 g/mol. The second kappa shape index (κ2) is 13.7. The molecule has 0 saturated carbocycles. The van der Waals surface area contributed by atoms with Gasteiger partial charge in [0.2, 0.25) is 5.96 Å². The van der Waals surface area contributed by atoms with Crippen LogP contribution in [0.4, 0.5) is 17.1 Å². The first-order valence-corrected chi connectivity index (χ1v) is 12.5. The van der Waals surface area contributed by atoms with Crippen LogP contribution in [0.3, 0.4) is 0 Å². The average Bonchev–Trinajstić information content (AvgIpc) is 2.98. The number of ether oxygens (including phenoxy) is 2.